The van der Waals surface area contributed by atoms with E-state index in [4.69, 9.17) is 28.9 Å². The predicted molar refractivity (Wildman–Crippen MR) is 63.0 cm³/mol. The van der Waals surface area contributed by atoms with Gasteiger partial charge < -0.3 is 5.73 Å². The van der Waals surface area contributed by atoms with E-state index in [0.29, 0.717) is 0 Å². The molecule has 0 aliphatic carbocycles. The number of halogens is 2. The number of rotatable bonds is 3. The fraction of sp³-hybridized carbons (Fsp3) is 0.333. The van der Waals surface area contributed by atoms with Crippen molar-refractivity contribution in [2.75, 3.05) is 11.6 Å². The molecular formula is C9H11Cl2NO2S. The zero-order chi connectivity index (χ0) is 11.7. The van der Waals surface area contributed by atoms with Crippen LogP contribution in [0.15, 0.2) is 29.2 Å². The number of hydrogen-bond acceptors (Lipinski definition) is 3. The minimum absolute atomic E-state index is 0.0168. The standard InChI is InChI=1S/C9H11Cl2NO2S/c1-9(11,6-10)15(13,14)8-5-3-2-4-7(8)12/h2-5H,6,12H2,1H3. The van der Waals surface area contributed by atoms with Gasteiger partial charge in [0.2, 0.25) is 9.84 Å². The molecule has 0 amide bonds. The summed E-state index contributed by atoms with van der Waals surface area (Å²) in [5.74, 6) is -0.203. The van der Waals surface area contributed by atoms with Gasteiger partial charge in [-0.3, -0.25) is 0 Å². The second kappa shape index (κ2) is 4.20. The molecule has 0 heterocycles. The van der Waals surface area contributed by atoms with Gasteiger partial charge in [-0.05, 0) is 19.1 Å². The average Bonchev–Trinajstić information content (AvgIpc) is 2.18. The highest BCUT2D eigenvalue weighted by Gasteiger charge is 2.38. The van der Waals surface area contributed by atoms with Crippen molar-refractivity contribution in [2.45, 2.75) is 16.0 Å². The maximum absolute atomic E-state index is 12.0. The minimum atomic E-state index is -3.71. The van der Waals surface area contributed by atoms with E-state index in [1.165, 1.54) is 19.1 Å². The largest absolute Gasteiger partial charge is 0.398 e. The molecule has 84 valence electrons. The number of para-hydroxylation sites is 1. The van der Waals surface area contributed by atoms with Crippen LogP contribution in [0, 0.1) is 0 Å². The molecule has 3 nitrogen and oxygen atoms in total. The van der Waals surface area contributed by atoms with E-state index in [-0.39, 0.29) is 16.5 Å². The molecule has 0 fully saturated rings. The van der Waals surface area contributed by atoms with Crippen LogP contribution in [0.3, 0.4) is 0 Å². The first-order valence-corrected chi connectivity index (χ1v) is 6.56. The Morgan fingerprint density at radius 1 is 1.40 bits per heavy atom. The molecule has 0 bridgehead atoms. The number of alkyl halides is 2. The van der Waals surface area contributed by atoms with Crippen LogP contribution < -0.4 is 5.73 Å². The Labute approximate surface area is 99.1 Å². The molecule has 15 heavy (non-hydrogen) atoms. The quantitative estimate of drug-likeness (QED) is 0.675. The number of sulfone groups is 1. The molecule has 0 aromatic heterocycles. The van der Waals surface area contributed by atoms with Gasteiger partial charge in [0.05, 0.1) is 16.5 Å². The van der Waals surface area contributed by atoms with Gasteiger partial charge in [-0.15, -0.1) is 23.2 Å². The summed E-state index contributed by atoms with van der Waals surface area (Å²) in [6, 6.07) is 6.16. The molecule has 2 N–H and O–H groups in total. The first-order chi connectivity index (χ1) is 6.83. The highest BCUT2D eigenvalue weighted by molar-refractivity contribution is 7.94. The van der Waals surface area contributed by atoms with Crippen molar-refractivity contribution in [1.29, 1.82) is 0 Å². The van der Waals surface area contributed by atoms with Gasteiger partial charge in [-0.25, -0.2) is 8.42 Å². The third-order valence-corrected chi connectivity index (χ3v) is 5.80. The number of anilines is 1. The maximum Gasteiger partial charge on any atom is 0.200 e. The fourth-order valence-electron chi connectivity index (χ4n) is 1.03. The van der Waals surface area contributed by atoms with Crippen LogP contribution in [-0.2, 0) is 9.84 Å². The van der Waals surface area contributed by atoms with Gasteiger partial charge >= 0.3 is 0 Å². The molecule has 0 radical (unpaired) electrons. The Bertz CT molecular complexity index is 457. The number of nitrogens with two attached hydrogens (primary N) is 1. The second-order valence-electron chi connectivity index (χ2n) is 3.28. The van der Waals surface area contributed by atoms with Crippen molar-refractivity contribution < 1.29 is 8.42 Å². The Morgan fingerprint density at radius 3 is 2.40 bits per heavy atom. The van der Waals surface area contributed by atoms with Crippen molar-refractivity contribution in [3.8, 4) is 0 Å². The molecule has 0 aliphatic heterocycles. The monoisotopic (exact) mass is 267 g/mol. The lowest BCUT2D eigenvalue weighted by Crippen LogP contribution is -2.31. The van der Waals surface area contributed by atoms with Crippen molar-refractivity contribution in [3.63, 3.8) is 0 Å². The van der Waals surface area contributed by atoms with Crippen LogP contribution in [0.1, 0.15) is 6.92 Å². The lowest BCUT2D eigenvalue weighted by molar-refractivity contribution is 0.582. The lowest BCUT2D eigenvalue weighted by Gasteiger charge is -2.20. The van der Waals surface area contributed by atoms with E-state index in [1.54, 1.807) is 12.1 Å². The summed E-state index contributed by atoms with van der Waals surface area (Å²) in [6.45, 7) is 1.35. The summed E-state index contributed by atoms with van der Waals surface area (Å²) < 4.78 is 22.5. The zero-order valence-corrected chi connectivity index (χ0v) is 10.4. The molecule has 1 aromatic carbocycles. The lowest BCUT2D eigenvalue weighted by atomic mass is 10.3. The van der Waals surface area contributed by atoms with Crippen molar-refractivity contribution in [3.05, 3.63) is 24.3 Å². The summed E-state index contributed by atoms with van der Waals surface area (Å²) in [4.78, 5) is 0.0168. The highest BCUT2D eigenvalue weighted by Crippen LogP contribution is 2.33. The molecule has 0 saturated heterocycles. The van der Waals surface area contributed by atoms with E-state index in [0.717, 1.165) is 0 Å². The third kappa shape index (κ3) is 2.22. The summed E-state index contributed by atoms with van der Waals surface area (Å²) in [6.07, 6.45) is 0. The molecule has 6 heteroatoms. The molecule has 0 spiro atoms. The van der Waals surface area contributed by atoms with E-state index in [2.05, 4.69) is 0 Å². The second-order valence-corrected chi connectivity index (χ2v) is 6.95. The zero-order valence-electron chi connectivity index (χ0n) is 8.07. The van der Waals surface area contributed by atoms with Gasteiger partial charge in [-0.2, -0.15) is 0 Å². The Hall–Kier alpha value is -0.450. The maximum atomic E-state index is 12.0. The smallest absolute Gasteiger partial charge is 0.200 e. The molecule has 0 aliphatic rings. The van der Waals surface area contributed by atoms with Crippen LogP contribution in [0.2, 0.25) is 0 Å². The molecule has 1 rings (SSSR count). The van der Waals surface area contributed by atoms with E-state index >= 15 is 0 Å². The Kier molecular flexibility index (Phi) is 3.53. The summed E-state index contributed by atoms with van der Waals surface area (Å²) >= 11 is 11.4. The Morgan fingerprint density at radius 2 is 1.93 bits per heavy atom. The van der Waals surface area contributed by atoms with Gasteiger partial charge in [0.25, 0.3) is 0 Å². The normalized spacial score (nSPS) is 15.9. The SMILES string of the molecule is CC(Cl)(CCl)S(=O)(=O)c1ccccc1N. The Balaban J connectivity index is 3.37. The van der Waals surface area contributed by atoms with Crippen molar-refractivity contribution in [2.24, 2.45) is 0 Å². The van der Waals surface area contributed by atoms with Gasteiger partial charge in [-0.1, -0.05) is 12.1 Å². The van der Waals surface area contributed by atoms with Gasteiger partial charge in [0, 0.05) is 0 Å². The van der Waals surface area contributed by atoms with Crippen LogP contribution in [-0.4, -0.2) is 18.5 Å². The number of nitrogen functional groups attached to an aromatic ring is 1. The number of hydrogen-bond donors (Lipinski definition) is 1. The average molecular weight is 268 g/mol. The minimum Gasteiger partial charge on any atom is -0.398 e. The summed E-state index contributed by atoms with van der Waals surface area (Å²) in [7, 11) is -3.71. The van der Waals surface area contributed by atoms with Crippen molar-refractivity contribution in [1.82, 2.24) is 0 Å². The highest BCUT2D eigenvalue weighted by atomic mass is 35.5. The first kappa shape index (κ1) is 12.6. The molecule has 1 unspecified atom stereocenters. The molecule has 1 aromatic rings. The van der Waals surface area contributed by atoms with E-state index in [1.807, 2.05) is 0 Å². The molecule has 0 saturated carbocycles. The fourth-order valence-corrected chi connectivity index (χ4v) is 2.94. The van der Waals surface area contributed by atoms with Crippen LogP contribution >= 0.6 is 23.2 Å². The number of benzene rings is 1. The van der Waals surface area contributed by atoms with Gasteiger partial charge in [0.1, 0.15) is 0 Å². The van der Waals surface area contributed by atoms with Crippen LogP contribution in [0.25, 0.3) is 0 Å². The molecule has 1 atom stereocenters. The topological polar surface area (TPSA) is 60.2 Å². The summed E-state index contributed by atoms with van der Waals surface area (Å²) in [5.41, 5.74) is 5.75. The molecular weight excluding hydrogens is 257 g/mol. The van der Waals surface area contributed by atoms with Crippen LogP contribution in [0.5, 0.6) is 0 Å². The van der Waals surface area contributed by atoms with Crippen molar-refractivity contribution >= 4 is 38.7 Å². The predicted octanol–water partition coefficient (Wildman–Crippen LogP) is 2.24. The van der Waals surface area contributed by atoms with Gasteiger partial charge in [0.15, 0.2) is 4.21 Å². The van der Waals surface area contributed by atoms with E-state index < -0.39 is 14.0 Å². The summed E-state index contributed by atoms with van der Waals surface area (Å²) in [5, 5.41) is 0. The van der Waals surface area contributed by atoms with E-state index in [9.17, 15) is 8.42 Å². The third-order valence-electron chi connectivity index (χ3n) is 2.01. The first-order valence-electron chi connectivity index (χ1n) is 4.17. The van der Waals surface area contributed by atoms with Crippen LogP contribution in [0.4, 0.5) is 5.69 Å².